The lowest BCUT2D eigenvalue weighted by Crippen LogP contribution is -2.30. The SMILES string of the molecule is CC/C=C\C/C=C\C/C=C\C/C=C\C/C=C\C/C=C\CCC(=O)OC(COC(=O)CCC/C=C\C/C=C\C/C=C\C/C=C\C/C=C\CC)COC(=O)CCCCCCCCCC/C=C\C/C=C\C/C=C\CCCCCCC. The highest BCUT2D eigenvalue weighted by Gasteiger charge is 2.19. The minimum Gasteiger partial charge on any atom is -0.462 e. The second-order valence-corrected chi connectivity index (χ2v) is 19.5. The van der Waals surface area contributed by atoms with Gasteiger partial charge in [-0.1, -0.05) is 255 Å². The fourth-order valence-corrected chi connectivity index (χ4v) is 7.69. The molecule has 1 unspecified atom stereocenters. The molecule has 0 heterocycles. The molecule has 430 valence electrons. The minimum absolute atomic E-state index is 0.138. The number of hydrogen-bond donors (Lipinski definition) is 0. The maximum Gasteiger partial charge on any atom is 0.306 e. The predicted octanol–water partition coefficient (Wildman–Crippen LogP) is 21.1. The third-order valence-electron chi connectivity index (χ3n) is 12.2. The van der Waals surface area contributed by atoms with Crippen LogP contribution in [0.5, 0.6) is 0 Å². The molecule has 0 aliphatic heterocycles. The second kappa shape index (κ2) is 63.3. The number of ether oxygens (including phenoxy) is 3. The van der Waals surface area contributed by atoms with E-state index in [0.717, 1.165) is 116 Å². The first-order chi connectivity index (χ1) is 38.0. The molecule has 0 bridgehead atoms. The van der Waals surface area contributed by atoms with Gasteiger partial charge in [-0.15, -0.1) is 0 Å². The first kappa shape index (κ1) is 71.8. The standard InChI is InChI=1S/C71H110O6/c1-4-7-10-13-16-19-22-25-28-31-33-34-35-36-38-40-43-46-49-52-55-58-61-64-70(73)76-67-68(66-75-69(72)63-60-57-54-51-48-45-42-39-30-27-24-21-18-15-12-9-6-3)77-71(74)65-62-59-56-53-50-47-44-41-37-32-29-26-23-20-17-14-11-8-5-2/h8-9,11-12,17-18,20-22,25-27,29-31,33,35-37,41-42,45,47,50-51,54,56,59,68H,4-7,10,13-16,19,23-24,28,32,34,38-40,43-44,46,48-49,52-53,55,57-58,60-67H2,1-3H3/b11-8-,12-9-,20-17-,21-18-,25-22-,29-26-,30-27-,33-31-,36-35-,41-37-,45-42-,50-47-,54-51-,59-56-. The molecule has 0 aromatic heterocycles. The zero-order chi connectivity index (χ0) is 55.7. The van der Waals surface area contributed by atoms with Crippen LogP contribution < -0.4 is 0 Å². The maximum absolute atomic E-state index is 12.9. The van der Waals surface area contributed by atoms with E-state index in [4.69, 9.17) is 14.2 Å². The summed E-state index contributed by atoms with van der Waals surface area (Å²) in [5, 5.41) is 0. The monoisotopic (exact) mass is 1060 g/mol. The molecule has 6 nitrogen and oxygen atoms in total. The third-order valence-corrected chi connectivity index (χ3v) is 12.2. The van der Waals surface area contributed by atoms with Gasteiger partial charge in [0, 0.05) is 19.3 Å². The van der Waals surface area contributed by atoms with Gasteiger partial charge in [0.05, 0.1) is 0 Å². The highest BCUT2D eigenvalue weighted by Crippen LogP contribution is 2.13. The van der Waals surface area contributed by atoms with E-state index in [2.05, 4.69) is 179 Å². The van der Waals surface area contributed by atoms with E-state index in [1.54, 1.807) is 0 Å². The Hall–Kier alpha value is -5.23. The first-order valence-corrected chi connectivity index (χ1v) is 30.6. The fourth-order valence-electron chi connectivity index (χ4n) is 7.69. The van der Waals surface area contributed by atoms with Crippen molar-refractivity contribution in [2.45, 2.75) is 245 Å². The molecular weight excluding hydrogens is 949 g/mol. The highest BCUT2D eigenvalue weighted by molar-refractivity contribution is 5.71. The Bertz CT molecular complexity index is 1790. The summed E-state index contributed by atoms with van der Waals surface area (Å²) in [6.07, 6.45) is 93.7. The van der Waals surface area contributed by atoms with E-state index >= 15 is 0 Å². The lowest BCUT2D eigenvalue weighted by atomic mass is 10.1. The van der Waals surface area contributed by atoms with Crippen molar-refractivity contribution in [3.05, 3.63) is 170 Å². The van der Waals surface area contributed by atoms with Gasteiger partial charge in [0.15, 0.2) is 6.10 Å². The van der Waals surface area contributed by atoms with E-state index in [1.165, 1.54) is 70.6 Å². The van der Waals surface area contributed by atoms with Gasteiger partial charge in [-0.3, -0.25) is 14.4 Å². The Morgan fingerprint density at radius 3 is 0.896 bits per heavy atom. The lowest BCUT2D eigenvalue weighted by Gasteiger charge is -2.18. The third kappa shape index (κ3) is 61.5. The zero-order valence-electron chi connectivity index (χ0n) is 49.1. The van der Waals surface area contributed by atoms with Crippen LogP contribution >= 0.6 is 0 Å². The first-order valence-electron chi connectivity index (χ1n) is 30.6. The van der Waals surface area contributed by atoms with Gasteiger partial charge >= 0.3 is 17.9 Å². The molecule has 0 radical (unpaired) electrons. The number of rotatable bonds is 53. The Labute approximate surface area is 472 Å². The van der Waals surface area contributed by atoms with Gasteiger partial charge in [0.2, 0.25) is 0 Å². The molecule has 6 heteroatoms. The number of unbranched alkanes of at least 4 members (excludes halogenated alkanes) is 14. The summed E-state index contributed by atoms with van der Waals surface area (Å²) in [5.41, 5.74) is 0. The molecule has 0 N–H and O–H groups in total. The Kier molecular flexibility index (Phi) is 59.0. The van der Waals surface area contributed by atoms with Crippen LogP contribution in [0.3, 0.4) is 0 Å². The number of hydrogen-bond acceptors (Lipinski definition) is 6. The Morgan fingerprint density at radius 1 is 0.273 bits per heavy atom. The van der Waals surface area contributed by atoms with Crippen molar-refractivity contribution in [3.63, 3.8) is 0 Å². The van der Waals surface area contributed by atoms with Gasteiger partial charge in [-0.2, -0.15) is 0 Å². The van der Waals surface area contributed by atoms with Crippen LogP contribution in [-0.4, -0.2) is 37.2 Å². The smallest absolute Gasteiger partial charge is 0.306 e. The molecule has 0 aliphatic rings. The largest absolute Gasteiger partial charge is 0.462 e. The van der Waals surface area contributed by atoms with Crippen LogP contribution in [-0.2, 0) is 28.6 Å². The molecule has 0 amide bonds. The minimum atomic E-state index is -0.856. The quantitative estimate of drug-likeness (QED) is 0.0261. The van der Waals surface area contributed by atoms with Crippen molar-refractivity contribution >= 4 is 17.9 Å². The van der Waals surface area contributed by atoms with Crippen LogP contribution in [0, 0.1) is 0 Å². The van der Waals surface area contributed by atoms with Crippen LogP contribution in [0.2, 0.25) is 0 Å². The average molecular weight is 1060 g/mol. The lowest BCUT2D eigenvalue weighted by molar-refractivity contribution is -0.166. The Balaban J connectivity index is 4.60. The molecule has 0 saturated carbocycles. The summed E-state index contributed by atoms with van der Waals surface area (Å²) in [4.78, 5) is 38.2. The molecule has 0 aromatic rings. The average Bonchev–Trinajstić information content (AvgIpc) is 3.43. The summed E-state index contributed by atoms with van der Waals surface area (Å²) < 4.78 is 16.8. The van der Waals surface area contributed by atoms with Crippen molar-refractivity contribution in [1.29, 1.82) is 0 Å². The maximum atomic E-state index is 12.9. The van der Waals surface area contributed by atoms with Crippen molar-refractivity contribution in [1.82, 2.24) is 0 Å². The molecule has 0 aromatic carbocycles. The topological polar surface area (TPSA) is 78.9 Å². The number of allylic oxidation sites excluding steroid dienone is 28. The van der Waals surface area contributed by atoms with Crippen LogP contribution in [0.15, 0.2) is 170 Å². The number of carbonyl (C=O) groups is 3. The van der Waals surface area contributed by atoms with Crippen molar-refractivity contribution in [3.8, 4) is 0 Å². The van der Waals surface area contributed by atoms with E-state index in [0.29, 0.717) is 19.3 Å². The number of esters is 3. The second-order valence-electron chi connectivity index (χ2n) is 19.5. The summed E-state index contributed by atoms with van der Waals surface area (Å²) in [6.45, 7) is 6.27. The van der Waals surface area contributed by atoms with Gasteiger partial charge < -0.3 is 14.2 Å². The molecule has 0 rings (SSSR count). The van der Waals surface area contributed by atoms with E-state index < -0.39 is 12.1 Å². The Morgan fingerprint density at radius 2 is 0.545 bits per heavy atom. The molecule has 0 fully saturated rings. The van der Waals surface area contributed by atoms with Gasteiger partial charge in [0.25, 0.3) is 0 Å². The zero-order valence-corrected chi connectivity index (χ0v) is 49.1. The fraction of sp³-hybridized carbons (Fsp3) is 0.563. The van der Waals surface area contributed by atoms with Crippen molar-refractivity contribution in [2.24, 2.45) is 0 Å². The summed E-state index contributed by atoms with van der Waals surface area (Å²) >= 11 is 0. The van der Waals surface area contributed by atoms with Gasteiger partial charge in [-0.05, 0) is 135 Å². The summed E-state index contributed by atoms with van der Waals surface area (Å²) in [6, 6.07) is 0. The molecule has 77 heavy (non-hydrogen) atoms. The summed E-state index contributed by atoms with van der Waals surface area (Å²) in [5.74, 6) is -1.10. The highest BCUT2D eigenvalue weighted by atomic mass is 16.6. The number of carbonyl (C=O) groups excluding carboxylic acids is 3. The van der Waals surface area contributed by atoms with Crippen LogP contribution in [0.25, 0.3) is 0 Å². The predicted molar refractivity (Wildman–Crippen MR) is 334 cm³/mol. The normalized spacial score (nSPS) is 13.3. The van der Waals surface area contributed by atoms with Crippen molar-refractivity contribution < 1.29 is 28.6 Å². The van der Waals surface area contributed by atoms with Crippen molar-refractivity contribution in [2.75, 3.05) is 13.2 Å². The molecule has 0 spiro atoms. The molecule has 1 atom stereocenters. The van der Waals surface area contributed by atoms with E-state index in [9.17, 15) is 14.4 Å². The van der Waals surface area contributed by atoms with Crippen LogP contribution in [0.1, 0.15) is 239 Å². The molecule has 0 aliphatic carbocycles. The molecular formula is C71H110O6. The van der Waals surface area contributed by atoms with Gasteiger partial charge in [0.1, 0.15) is 13.2 Å². The van der Waals surface area contributed by atoms with E-state index in [1.807, 2.05) is 12.2 Å². The van der Waals surface area contributed by atoms with E-state index in [-0.39, 0.29) is 38.0 Å². The van der Waals surface area contributed by atoms with Gasteiger partial charge in [-0.25, -0.2) is 0 Å². The molecule has 0 saturated heterocycles. The van der Waals surface area contributed by atoms with Crippen LogP contribution in [0.4, 0.5) is 0 Å². The summed E-state index contributed by atoms with van der Waals surface area (Å²) in [7, 11) is 0.